The summed E-state index contributed by atoms with van der Waals surface area (Å²) in [5, 5.41) is 0. The number of nitrogens with two attached hydrogens (primary N) is 1. The lowest BCUT2D eigenvalue weighted by Gasteiger charge is -2.29. The van der Waals surface area contributed by atoms with Gasteiger partial charge in [0, 0.05) is 12.6 Å². The second kappa shape index (κ2) is 5.33. The van der Waals surface area contributed by atoms with E-state index in [2.05, 4.69) is 31.2 Å². The molecule has 0 heterocycles. The number of hydrogen-bond acceptors (Lipinski definition) is 2. The van der Waals surface area contributed by atoms with Gasteiger partial charge in [0.1, 0.15) is 0 Å². The Morgan fingerprint density at radius 3 is 2.21 bits per heavy atom. The van der Waals surface area contributed by atoms with E-state index in [0.29, 0.717) is 12.6 Å². The maximum absolute atomic E-state index is 12.4. The minimum Gasteiger partial charge on any atom is -0.334 e. The standard InChI is InChI=1S/C16H24N2O/c1-4-12-5-7-13(8-6-12)11-18(14-9-10-14)15(19)16(2,3)17/h5-8,14H,4,9-11,17H2,1-3H3. The van der Waals surface area contributed by atoms with Crippen molar-refractivity contribution in [1.82, 2.24) is 4.90 Å². The van der Waals surface area contributed by atoms with Gasteiger partial charge in [0.05, 0.1) is 5.54 Å². The Balaban J connectivity index is 2.10. The van der Waals surface area contributed by atoms with Crippen LogP contribution in [0.2, 0.25) is 0 Å². The maximum atomic E-state index is 12.4. The minimum absolute atomic E-state index is 0.0505. The molecule has 3 heteroatoms. The van der Waals surface area contributed by atoms with Gasteiger partial charge in [-0.25, -0.2) is 0 Å². The summed E-state index contributed by atoms with van der Waals surface area (Å²) in [7, 11) is 0. The van der Waals surface area contributed by atoms with Crippen LogP contribution in [0.25, 0.3) is 0 Å². The Kier molecular flexibility index (Phi) is 3.95. The van der Waals surface area contributed by atoms with Crippen molar-refractivity contribution < 1.29 is 4.79 Å². The normalized spacial score (nSPS) is 15.4. The summed E-state index contributed by atoms with van der Waals surface area (Å²) in [6, 6.07) is 8.90. The third-order valence-corrected chi connectivity index (χ3v) is 3.58. The predicted octanol–water partition coefficient (Wildman–Crippen LogP) is 2.48. The first kappa shape index (κ1) is 14.1. The van der Waals surface area contributed by atoms with E-state index >= 15 is 0 Å². The Morgan fingerprint density at radius 1 is 1.26 bits per heavy atom. The molecule has 0 aromatic heterocycles. The number of carbonyl (C=O) groups is 1. The van der Waals surface area contributed by atoms with E-state index in [4.69, 9.17) is 5.73 Å². The largest absolute Gasteiger partial charge is 0.334 e. The van der Waals surface area contributed by atoms with Crippen molar-refractivity contribution in [3.8, 4) is 0 Å². The SMILES string of the molecule is CCc1ccc(CN(C(=O)C(C)(C)N)C2CC2)cc1. The molecule has 104 valence electrons. The first-order valence-electron chi connectivity index (χ1n) is 7.09. The number of benzene rings is 1. The molecule has 1 saturated carbocycles. The number of amides is 1. The second-order valence-electron chi connectivity index (χ2n) is 6.06. The van der Waals surface area contributed by atoms with Crippen LogP contribution in [-0.2, 0) is 17.8 Å². The molecule has 0 spiro atoms. The fraction of sp³-hybridized carbons (Fsp3) is 0.562. The predicted molar refractivity (Wildman–Crippen MR) is 77.7 cm³/mol. The van der Waals surface area contributed by atoms with Gasteiger partial charge in [-0.3, -0.25) is 4.79 Å². The first-order valence-corrected chi connectivity index (χ1v) is 7.09. The molecule has 2 rings (SSSR count). The summed E-state index contributed by atoms with van der Waals surface area (Å²) in [5.41, 5.74) is 7.68. The lowest BCUT2D eigenvalue weighted by Crippen LogP contribution is -2.51. The fourth-order valence-corrected chi connectivity index (χ4v) is 2.20. The molecule has 0 unspecified atom stereocenters. The van der Waals surface area contributed by atoms with Gasteiger partial charge >= 0.3 is 0 Å². The fourth-order valence-electron chi connectivity index (χ4n) is 2.20. The van der Waals surface area contributed by atoms with Crippen molar-refractivity contribution in [3.63, 3.8) is 0 Å². The van der Waals surface area contributed by atoms with E-state index in [1.165, 1.54) is 11.1 Å². The Labute approximate surface area is 115 Å². The van der Waals surface area contributed by atoms with Gasteiger partial charge in [-0.05, 0) is 44.2 Å². The molecule has 1 amide bonds. The van der Waals surface area contributed by atoms with Gasteiger partial charge in [0.25, 0.3) is 0 Å². The molecule has 0 aliphatic heterocycles. The molecular formula is C16H24N2O. The average molecular weight is 260 g/mol. The van der Waals surface area contributed by atoms with Crippen molar-refractivity contribution in [2.75, 3.05) is 0 Å². The van der Waals surface area contributed by atoms with E-state index in [1.54, 1.807) is 13.8 Å². The number of rotatable bonds is 5. The van der Waals surface area contributed by atoms with Crippen molar-refractivity contribution in [2.24, 2.45) is 5.73 Å². The van der Waals surface area contributed by atoms with Gasteiger partial charge in [-0.1, -0.05) is 31.2 Å². The molecule has 1 fully saturated rings. The van der Waals surface area contributed by atoms with Crippen LogP contribution in [-0.4, -0.2) is 22.4 Å². The van der Waals surface area contributed by atoms with Crippen molar-refractivity contribution in [2.45, 2.75) is 58.2 Å². The molecule has 1 aromatic carbocycles. The third kappa shape index (κ3) is 3.57. The highest BCUT2D eigenvalue weighted by Gasteiger charge is 2.37. The summed E-state index contributed by atoms with van der Waals surface area (Å²) >= 11 is 0. The lowest BCUT2D eigenvalue weighted by atomic mass is 10.0. The quantitative estimate of drug-likeness (QED) is 0.884. The van der Waals surface area contributed by atoms with Crippen LogP contribution >= 0.6 is 0 Å². The van der Waals surface area contributed by atoms with E-state index < -0.39 is 5.54 Å². The van der Waals surface area contributed by atoms with Gasteiger partial charge in [0.2, 0.25) is 5.91 Å². The zero-order valence-electron chi connectivity index (χ0n) is 12.1. The number of carbonyl (C=O) groups excluding carboxylic acids is 1. The summed E-state index contributed by atoms with van der Waals surface area (Å²) in [4.78, 5) is 14.3. The Hall–Kier alpha value is -1.35. The Morgan fingerprint density at radius 2 is 1.79 bits per heavy atom. The zero-order chi connectivity index (χ0) is 14.0. The highest BCUT2D eigenvalue weighted by Crippen LogP contribution is 2.30. The monoisotopic (exact) mass is 260 g/mol. The van der Waals surface area contributed by atoms with E-state index in [1.807, 2.05) is 4.90 Å². The van der Waals surface area contributed by atoms with Gasteiger partial charge in [0.15, 0.2) is 0 Å². The minimum atomic E-state index is -0.786. The van der Waals surface area contributed by atoms with Crippen LogP contribution in [0.5, 0.6) is 0 Å². The summed E-state index contributed by atoms with van der Waals surface area (Å²) in [5.74, 6) is 0.0505. The van der Waals surface area contributed by atoms with Gasteiger partial charge < -0.3 is 10.6 Å². The zero-order valence-corrected chi connectivity index (χ0v) is 12.1. The van der Waals surface area contributed by atoms with E-state index in [0.717, 1.165) is 19.3 Å². The average Bonchev–Trinajstić information content (AvgIpc) is 3.19. The van der Waals surface area contributed by atoms with Crippen LogP contribution < -0.4 is 5.73 Å². The molecule has 19 heavy (non-hydrogen) atoms. The number of nitrogens with zero attached hydrogens (tertiary/aromatic N) is 1. The van der Waals surface area contributed by atoms with Crippen LogP contribution in [0.4, 0.5) is 0 Å². The third-order valence-electron chi connectivity index (χ3n) is 3.58. The van der Waals surface area contributed by atoms with Crippen LogP contribution in [0.1, 0.15) is 44.7 Å². The molecule has 0 saturated heterocycles. The number of aryl methyl sites for hydroxylation is 1. The van der Waals surface area contributed by atoms with Crippen molar-refractivity contribution in [3.05, 3.63) is 35.4 Å². The van der Waals surface area contributed by atoms with Crippen LogP contribution in [0.15, 0.2) is 24.3 Å². The molecule has 1 aromatic rings. The topological polar surface area (TPSA) is 46.3 Å². The molecule has 1 aliphatic rings. The number of hydrogen-bond donors (Lipinski definition) is 1. The van der Waals surface area contributed by atoms with Crippen molar-refractivity contribution >= 4 is 5.91 Å². The highest BCUT2D eigenvalue weighted by atomic mass is 16.2. The second-order valence-corrected chi connectivity index (χ2v) is 6.06. The van der Waals surface area contributed by atoms with Crippen LogP contribution in [0, 0.1) is 0 Å². The first-order chi connectivity index (χ1) is 8.91. The molecule has 0 atom stereocenters. The van der Waals surface area contributed by atoms with Crippen molar-refractivity contribution in [1.29, 1.82) is 0 Å². The molecule has 1 aliphatic carbocycles. The molecular weight excluding hydrogens is 236 g/mol. The highest BCUT2D eigenvalue weighted by molar-refractivity contribution is 5.85. The van der Waals surface area contributed by atoms with Crippen LogP contribution in [0.3, 0.4) is 0 Å². The lowest BCUT2D eigenvalue weighted by molar-refractivity contribution is -0.137. The van der Waals surface area contributed by atoms with Gasteiger partial charge in [-0.2, -0.15) is 0 Å². The van der Waals surface area contributed by atoms with E-state index in [-0.39, 0.29) is 5.91 Å². The summed E-state index contributed by atoms with van der Waals surface area (Å²) in [6.45, 7) is 6.38. The summed E-state index contributed by atoms with van der Waals surface area (Å²) in [6.07, 6.45) is 3.26. The molecule has 2 N–H and O–H groups in total. The Bertz CT molecular complexity index is 441. The molecule has 3 nitrogen and oxygen atoms in total. The smallest absolute Gasteiger partial charge is 0.242 e. The molecule has 0 radical (unpaired) electrons. The maximum Gasteiger partial charge on any atom is 0.242 e. The molecule has 0 bridgehead atoms. The van der Waals surface area contributed by atoms with E-state index in [9.17, 15) is 4.79 Å². The summed E-state index contributed by atoms with van der Waals surface area (Å²) < 4.78 is 0. The van der Waals surface area contributed by atoms with Gasteiger partial charge in [-0.15, -0.1) is 0 Å².